The second-order valence-corrected chi connectivity index (χ2v) is 38.4. The molecule has 0 aromatic carbocycles. The summed E-state index contributed by atoms with van der Waals surface area (Å²) in [7, 11) is 0. The van der Waals surface area contributed by atoms with Crippen LogP contribution in [0.15, 0.2) is 0 Å². The zero-order valence-electron chi connectivity index (χ0n) is 67.7. The van der Waals surface area contributed by atoms with Crippen LogP contribution in [0.3, 0.4) is 0 Å². The highest BCUT2D eigenvalue weighted by molar-refractivity contribution is 5.85. The van der Waals surface area contributed by atoms with Gasteiger partial charge in [0.2, 0.25) is 0 Å². The number of esters is 8. The van der Waals surface area contributed by atoms with Gasteiger partial charge in [-0.3, -0.25) is 38.4 Å². The minimum absolute atomic E-state index is 0. The first-order chi connectivity index (χ1) is 52.0. The summed E-state index contributed by atoms with van der Waals surface area (Å²) in [5.74, 6) is 4.07. The number of hydrogen-bond acceptors (Lipinski definition) is 20. The summed E-state index contributed by atoms with van der Waals surface area (Å²) < 4.78 is 46.1. The smallest absolute Gasteiger partial charge is 0.324 e. The molecule has 0 radical (unpaired) electrons. The van der Waals surface area contributed by atoms with Crippen molar-refractivity contribution in [3.8, 4) is 0 Å². The molecule has 0 amide bonds. The first-order valence-corrected chi connectivity index (χ1v) is 44.3. The van der Waals surface area contributed by atoms with Gasteiger partial charge in [-0.2, -0.15) is 0 Å². The number of unbranched alkanes of at least 4 members (excludes halogenated alkanes) is 2. The molecule has 12 rings (SSSR count). The summed E-state index contributed by atoms with van der Waals surface area (Å²) in [5.41, 5.74) is 0.624. The number of hydrogen-bond donors (Lipinski definition) is 4. The van der Waals surface area contributed by atoms with E-state index < -0.39 is 24.2 Å². The Morgan fingerprint density at radius 3 is 0.926 bits per heavy atom. The highest BCUT2D eigenvalue weighted by Crippen LogP contribution is 2.58. The van der Waals surface area contributed by atoms with Crippen molar-refractivity contribution in [3.63, 3.8) is 0 Å². The Labute approximate surface area is 651 Å². The molecule has 0 aromatic heterocycles. The second-order valence-electron chi connectivity index (χ2n) is 38.4. The quantitative estimate of drug-likeness (QED) is 0.0252. The van der Waals surface area contributed by atoms with Gasteiger partial charge in [0.1, 0.15) is 36.4 Å². The zero-order valence-corrected chi connectivity index (χ0v) is 67.7. The zero-order chi connectivity index (χ0) is 76.3. The minimum Gasteiger partial charge on any atom is -0.466 e. The number of carbonyl (C=O) groups is 8. The molecule has 4 N–H and O–H groups in total. The minimum atomic E-state index is -0.709. The molecule has 108 heavy (non-hydrogen) atoms. The van der Waals surface area contributed by atoms with Gasteiger partial charge in [0.15, 0.2) is 0 Å². The van der Waals surface area contributed by atoms with E-state index in [1.54, 1.807) is 0 Å². The van der Waals surface area contributed by atoms with Gasteiger partial charge in [-0.15, -0.1) is 0 Å². The molecule has 8 bridgehead atoms. The van der Waals surface area contributed by atoms with Crippen LogP contribution in [-0.2, 0) is 76.3 Å². The van der Waals surface area contributed by atoms with Gasteiger partial charge in [0.25, 0.3) is 0 Å². The molecule has 0 heterocycles. The van der Waals surface area contributed by atoms with Gasteiger partial charge >= 0.3 is 47.8 Å². The highest BCUT2D eigenvalue weighted by atomic mass is 16.6. The maximum absolute atomic E-state index is 13.6. The predicted molar refractivity (Wildman–Crippen MR) is 416 cm³/mol. The maximum Gasteiger partial charge on any atom is 0.324 e. The average molecular weight is 1520 g/mol. The van der Waals surface area contributed by atoms with Gasteiger partial charge in [-0.1, -0.05) is 92.9 Å². The van der Waals surface area contributed by atoms with E-state index in [4.69, 9.17) is 37.9 Å². The molecular formula is C88H148N4O16. The van der Waals surface area contributed by atoms with E-state index in [0.717, 1.165) is 159 Å². The van der Waals surface area contributed by atoms with Crippen LogP contribution in [-0.4, -0.2) is 150 Å². The molecular weight excluding hydrogens is 1370 g/mol. The van der Waals surface area contributed by atoms with Crippen molar-refractivity contribution < 1.29 is 79.1 Å². The van der Waals surface area contributed by atoms with E-state index in [9.17, 15) is 38.4 Å². The van der Waals surface area contributed by atoms with Crippen LogP contribution in [0.5, 0.6) is 0 Å². The van der Waals surface area contributed by atoms with E-state index >= 15 is 0 Å². The topological polar surface area (TPSA) is 259 Å². The van der Waals surface area contributed by atoms with E-state index in [1.165, 1.54) is 116 Å². The van der Waals surface area contributed by atoms with Crippen molar-refractivity contribution in [2.45, 2.75) is 348 Å². The lowest BCUT2D eigenvalue weighted by Gasteiger charge is -2.35. The second kappa shape index (κ2) is 40.6. The molecule has 20 nitrogen and oxygen atoms in total. The standard InChI is InChI=1S/C46H74N2O8.C42H70N2O8.2H2/c1-45(25-33-17-19-35(45)21-33)29-47-39(24-42(50)55-37-9-5-3-6-10-37)43(51)54-28-32-15-13-31(14-16-32)27-53-41(49)23-40(44(52)56-38-11-7-4-8-12-38)48-30-46(2)26-34-18-20-36(46)22-34;1-5-7-17-49-37(45)21-36(44-28-42(4)24-32-14-16-34(42)20-32)40(48)52-26-30-11-9-29(10-12-30)25-51-38(46)22-35(39(47)50-18-8-6-2)43-27-41(3)23-31-13-15-33(41)19-31;;/h31-40,47-48H,3-30H2,1-2H3;29-36,43-44H,5-28H2,1-4H3;2*1H. The SMILES string of the molecule is CC1(CNC(CC(=O)OC2CCCCC2)C(=O)OCC2CCC(COC(=O)CC(NCC3(C)CC4CCC3C4)C(=O)OC3CCCCC3)CC2)CC2CCC1C2.CCCCOC(=O)CC(NCC1(C)CC2CCC1C2)C(=O)OCC1CCC(COC(=O)CC(NCC2(C)CC3CCC2C3)C(=O)OCCCC)CC1.[HH].[HH]. The average Bonchev–Trinajstić information content (AvgIpc) is 1.65. The van der Waals surface area contributed by atoms with Crippen LogP contribution in [0.1, 0.15) is 314 Å². The Hall–Kier alpha value is -4.40. The van der Waals surface area contributed by atoms with Gasteiger partial charge in [0.05, 0.1) is 65.3 Å². The first-order valence-electron chi connectivity index (χ1n) is 44.3. The molecule has 12 saturated carbocycles. The molecule has 0 aromatic rings. The van der Waals surface area contributed by atoms with Crippen LogP contribution in [0.25, 0.3) is 0 Å². The summed E-state index contributed by atoms with van der Waals surface area (Å²) in [4.78, 5) is 105. The molecule has 16 atom stereocenters. The Kier molecular flexibility index (Phi) is 31.7. The third-order valence-corrected chi connectivity index (χ3v) is 29.8. The maximum atomic E-state index is 13.6. The fourth-order valence-electron chi connectivity index (χ4n) is 22.7. The molecule has 12 aliphatic rings. The number of carbonyl (C=O) groups excluding carboxylic acids is 8. The van der Waals surface area contributed by atoms with Crippen LogP contribution in [0.2, 0.25) is 0 Å². The molecule has 20 heteroatoms. The highest BCUT2D eigenvalue weighted by Gasteiger charge is 2.52. The fourth-order valence-corrected chi connectivity index (χ4v) is 22.7. The Bertz CT molecular complexity index is 2920. The van der Waals surface area contributed by atoms with E-state index in [1.807, 2.05) is 0 Å². The lowest BCUT2D eigenvalue weighted by molar-refractivity contribution is -0.158. The van der Waals surface area contributed by atoms with Crippen molar-refractivity contribution in [1.82, 2.24) is 21.3 Å². The predicted octanol–water partition coefficient (Wildman–Crippen LogP) is 15.4. The van der Waals surface area contributed by atoms with Gasteiger partial charge in [-0.05, 0) is 285 Å². The van der Waals surface area contributed by atoms with Crippen LogP contribution in [0, 0.1) is 92.7 Å². The van der Waals surface area contributed by atoms with Gasteiger partial charge in [-0.25, -0.2) is 0 Å². The van der Waals surface area contributed by atoms with Crippen LogP contribution < -0.4 is 21.3 Å². The molecule has 12 fully saturated rings. The number of nitrogens with one attached hydrogen (secondary N) is 4. The molecule has 16 unspecified atom stereocenters. The van der Waals surface area contributed by atoms with Crippen molar-refractivity contribution in [2.75, 3.05) is 65.8 Å². The van der Waals surface area contributed by atoms with Crippen LogP contribution >= 0.6 is 0 Å². The summed E-state index contributed by atoms with van der Waals surface area (Å²) in [5, 5.41) is 13.8. The lowest BCUT2D eigenvalue weighted by atomic mass is 9.74. The van der Waals surface area contributed by atoms with E-state index in [0.29, 0.717) is 82.9 Å². The van der Waals surface area contributed by atoms with E-state index in [2.05, 4.69) is 62.8 Å². The monoisotopic (exact) mass is 1520 g/mol. The fraction of sp³-hybridized carbons (Fsp3) is 0.909. The number of fused-ring (bicyclic) bond motifs is 8. The van der Waals surface area contributed by atoms with Gasteiger partial charge < -0.3 is 59.2 Å². The molecule has 0 spiro atoms. The van der Waals surface area contributed by atoms with Crippen LogP contribution in [0.4, 0.5) is 0 Å². The number of ether oxygens (including phenoxy) is 8. The summed E-state index contributed by atoms with van der Waals surface area (Å²) in [6.07, 6.45) is 40.9. The Morgan fingerprint density at radius 2 is 0.611 bits per heavy atom. The molecule has 0 saturated heterocycles. The van der Waals surface area contributed by atoms with E-state index in [-0.39, 0.29) is 134 Å². The largest absolute Gasteiger partial charge is 0.466 e. The van der Waals surface area contributed by atoms with Crippen molar-refractivity contribution in [2.24, 2.45) is 92.7 Å². The Morgan fingerprint density at radius 1 is 0.324 bits per heavy atom. The van der Waals surface area contributed by atoms with Crippen molar-refractivity contribution >= 4 is 47.8 Å². The molecule has 616 valence electrons. The third-order valence-electron chi connectivity index (χ3n) is 29.8. The Balaban J connectivity index is 0.000000249. The summed E-state index contributed by atoms with van der Waals surface area (Å²) in [6, 6.07) is -2.79. The van der Waals surface area contributed by atoms with Gasteiger partial charge in [0, 0.05) is 29.0 Å². The summed E-state index contributed by atoms with van der Waals surface area (Å²) >= 11 is 0. The summed E-state index contributed by atoms with van der Waals surface area (Å²) in [6.45, 7) is 18.4. The third kappa shape index (κ3) is 24.3. The lowest BCUT2D eigenvalue weighted by Crippen LogP contribution is -2.47. The first kappa shape index (κ1) is 84.5. The molecule has 12 aliphatic carbocycles. The van der Waals surface area contributed by atoms with Crippen molar-refractivity contribution in [3.05, 3.63) is 0 Å². The van der Waals surface area contributed by atoms with Crippen molar-refractivity contribution in [1.29, 1.82) is 0 Å². The molecule has 0 aliphatic heterocycles. The normalized spacial score (nSPS) is 34.4. The number of rotatable bonds is 40.